The molecule has 156 valence electrons. The Hall–Kier alpha value is -2.29. The highest BCUT2D eigenvalue weighted by molar-refractivity contribution is 14.0. The van der Waals surface area contributed by atoms with Crippen LogP contribution >= 0.6 is 24.0 Å². The second kappa shape index (κ2) is 11.6. The van der Waals surface area contributed by atoms with E-state index in [9.17, 15) is 4.79 Å². The van der Waals surface area contributed by atoms with Crippen LogP contribution in [0.15, 0.2) is 47.5 Å². The SMILES string of the molecule is CCNC(=O)COc1cccc(CN=C(N)Nc2cccc3c2CCCC3)c1.I. The van der Waals surface area contributed by atoms with Crippen LogP contribution in [0, 0.1) is 0 Å². The number of aliphatic imine (C=N–C) groups is 1. The zero-order valence-electron chi connectivity index (χ0n) is 16.7. The van der Waals surface area contributed by atoms with E-state index in [2.05, 4.69) is 33.8 Å². The van der Waals surface area contributed by atoms with Crippen molar-refractivity contribution in [3.05, 3.63) is 59.2 Å². The Balaban J connectivity index is 0.00000300. The fourth-order valence-electron chi connectivity index (χ4n) is 3.38. The van der Waals surface area contributed by atoms with Gasteiger partial charge in [0.05, 0.1) is 6.54 Å². The Labute approximate surface area is 189 Å². The summed E-state index contributed by atoms with van der Waals surface area (Å²) in [4.78, 5) is 16.0. The first-order valence-electron chi connectivity index (χ1n) is 9.82. The number of anilines is 1. The van der Waals surface area contributed by atoms with E-state index in [1.807, 2.05) is 31.2 Å². The van der Waals surface area contributed by atoms with E-state index < -0.39 is 0 Å². The van der Waals surface area contributed by atoms with Crippen molar-refractivity contribution in [3.63, 3.8) is 0 Å². The molecule has 2 aromatic carbocycles. The monoisotopic (exact) mass is 508 g/mol. The summed E-state index contributed by atoms with van der Waals surface area (Å²) < 4.78 is 5.52. The molecule has 0 atom stereocenters. The highest BCUT2D eigenvalue weighted by Gasteiger charge is 2.13. The number of hydrogen-bond acceptors (Lipinski definition) is 3. The van der Waals surface area contributed by atoms with Gasteiger partial charge in [-0.2, -0.15) is 0 Å². The number of ether oxygens (including phenoxy) is 1. The van der Waals surface area contributed by atoms with E-state index >= 15 is 0 Å². The minimum atomic E-state index is -0.134. The highest BCUT2D eigenvalue weighted by atomic mass is 127. The van der Waals surface area contributed by atoms with Gasteiger partial charge in [-0.05, 0) is 67.5 Å². The number of benzene rings is 2. The lowest BCUT2D eigenvalue weighted by Gasteiger charge is -2.19. The molecule has 6 nitrogen and oxygen atoms in total. The van der Waals surface area contributed by atoms with Crippen molar-refractivity contribution >= 4 is 41.5 Å². The van der Waals surface area contributed by atoms with E-state index in [4.69, 9.17) is 10.5 Å². The van der Waals surface area contributed by atoms with E-state index in [0.29, 0.717) is 24.8 Å². The number of carbonyl (C=O) groups excluding carboxylic acids is 1. The van der Waals surface area contributed by atoms with Gasteiger partial charge in [0.25, 0.3) is 5.91 Å². The summed E-state index contributed by atoms with van der Waals surface area (Å²) in [6, 6.07) is 13.9. The van der Waals surface area contributed by atoms with Gasteiger partial charge in [0.1, 0.15) is 5.75 Å². The third-order valence-electron chi connectivity index (χ3n) is 4.73. The fourth-order valence-corrected chi connectivity index (χ4v) is 3.38. The molecule has 0 heterocycles. The Morgan fingerprint density at radius 1 is 1.17 bits per heavy atom. The molecular weight excluding hydrogens is 479 g/mol. The predicted octanol–water partition coefficient (Wildman–Crippen LogP) is 3.63. The minimum absolute atomic E-state index is 0. The molecule has 0 aliphatic heterocycles. The minimum Gasteiger partial charge on any atom is -0.484 e. The number of guanidine groups is 1. The summed E-state index contributed by atoms with van der Waals surface area (Å²) >= 11 is 0. The topological polar surface area (TPSA) is 88.7 Å². The summed E-state index contributed by atoms with van der Waals surface area (Å²) in [6.45, 7) is 2.91. The number of fused-ring (bicyclic) bond motifs is 1. The molecule has 4 N–H and O–H groups in total. The molecule has 0 fully saturated rings. The van der Waals surface area contributed by atoms with Crippen LogP contribution in [0.3, 0.4) is 0 Å². The first-order chi connectivity index (χ1) is 13.7. The molecular formula is C22H29IN4O2. The van der Waals surface area contributed by atoms with Crippen LogP contribution in [-0.4, -0.2) is 25.0 Å². The van der Waals surface area contributed by atoms with Gasteiger partial charge in [-0.15, -0.1) is 24.0 Å². The molecule has 1 aliphatic carbocycles. The quantitative estimate of drug-likeness (QED) is 0.303. The predicted molar refractivity (Wildman–Crippen MR) is 128 cm³/mol. The summed E-state index contributed by atoms with van der Waals surface area (Å²) in [5.41, 5.74) is 10.9. The maximum atomic E-state index is 11.5. The molecule has 0 bridgehead atoms. The Morgan fingerprint density at radius 2 is 1.97 bits per heavy atom. The third-order valence-corrected chi connectivity index (χ3v) is 4.73. The largest absolute Gasteiger partial charge is 0.484 e. The smallest absolute Gasteiger partial charge is 0.257 e. The van der Waals surface area contributed by atoms with Crippen molar-refractivity contribution < 1.29 is 9.53 Å². The maximum absolute atomic E-state index is 11.5. The van der Waals surface area contributed by atoms with Gasteiger partial charge in [-0.3, -0.25) is 4.79 Å². The van der Waals surface area contributed by atoms with E-state index in [0.717, 1.165) is 24.1 Å². The van der Waals surface area contributed by atoms with Crippen LogP contribution in [0.4, 0.5) is 5.69 Å². The fraction of sp³-hybridized carbons (Fsp3) is 0.364. The van der Waals surface area contributed by atoms with E-state index in [1.165, 1.54) is 24.0 Å². The number of aryl methyl sites for hydroxylation is 1. The van der Waals surface area contributed by atoms with E-state index in [1.54, 1.807) is 0 Å². The second-order valence-corrected chi connectivity index (χ2v) is 6.87. The summed E-state index contributed by atoms with van der Waals surface area (Å²) in [7, 11) is 0. The standard InChI is InChI=1S/C22H28N4O2.HI/c1-2-24-21(27)15-28-18-10-5-7-16(13-18)14-25-22(23)26-20-12-6-9-17-8-3-4-11-19(17)20;/h5-7,9-10,12-13H,2-4,8,11,14-15H2,1H3,(H,24,27)(H3,23,25,26);1H. The molecule has 3 rings (SSSR count). The van der Waals surface area contributed by atoms with Gasteiger partial charge < -0.3 is 21.1 Å². The van der Waals surface area contributed by atoms with Crippen molar-refractivity contribution in [3.8, 4) is 5.75 Å². The van der Waals surface area contributed by atoms with Crippen molar-refractivity contribution in [2.24, 2.45) is 10.7 Å². The van der Waals surface area contributed by atoms with Crippen molar-refractivity contribution in [1.29, 1.82) is 0 Å². The summed E-state index contributed by atoms with van der Waals surface area (Å²) in [5.74, 6) is 0.904. The van der Waals surface area contributed by atoms with Gasteiger partial charge in [0, 0.05) is 12.2 Å². The van der Waals surface area contributed by atoms with Crippen molar-refractivity contribution in [2.45, 2.75) is 39.2 Å². The Kier molecular flexibility index (Phi) is 9.24. The summed E-state index contributed by atoms with van der Waals surface area (Å²) in [5, 5.41) is 5.96. The lowest BCUT2D eigenvalue weighted by atomic mass is 9.90. The van der Waals surface area contributed by atoms with Crippen molar-refractivity contribution in [2.75, 3.05) is 18.5 Å². The highest BCUT2D eigenvalue weighted by Crippen LogP contribution is 2.27. The van der Waals surface area contributed by atoms with Crippen LogP contribution in [-0.2, 0) is 24.2 Å². The number of hydrogen-bond donors (Lipinski definition) is 3. The van der Waals surface area contributed by atoms with Crippen LogP contribution in [0.25, 0.3) is 0 Å². The molecule has 7 heteroatoms. The van der Waals surface area contributed by atoms with E-state index in [-0.39, 0.29) is 36.5 Å². The maximum Gasteiger partial charge on any atom is 0.257 e. The molecule has 0 spiro atoms. The first-order valence-corrected chi connectivity index (χ1v) is 9.82. The number of rotatable bonds is 7. The normalized spacial score (nSPS) is 13.1. The second-order valence-electron chi connectivity index (χ2n) is 6.87. The number of halogens is 1. The van der Waals surface area contributed by atoms with Crippen LogP contribution in [0.2, 0.25) is 0 Å². The van der Waals surface area contributed by atoms with Gasteiger partial charge in [-0.1, -0.05) is 24.3 Å². The number of amides is 1. The molecule has 0 unspecified atom stereocenters. The van der Waals surface area contributed by atoms with Gasteiger partial charge in [-0.25, -0.2) is 4.99 Å². The van der Waals surface area contributed by atoms with Gasteiger partial charge in [0.15, 0.2) is 12.6 Å². The molecule has 2 aromatic rings. The third kappa shape index (κ3) is 6.92. The number of nitrogens with one attached hydrogen (secondary N) is 2. The molecule has 29 heavy (non-hydrogen) atoms. The molecule has 0 radical (unpaired) electrons. The van der Waals surface area contributed by atoms with Crippen LogP contribution in [0.1, 0.15) is 36.5 Å². The number of carbonyl (C=O) groups is 1. The lowest BCUT2D eigenvalue weighted by Crippen LogP contribution is -2.28. The average molecular weight is 508 g/mol. The van der Waals surface area contributed by atoms with Crippen molar-refractivity contribution in [1.82, 2.24) is 5.32 Å². The van der Waals surface area contributed by atoms with Crippen LogP contribution in [0.5, 0.6) is 5.75 Å². The first kappa shape index (κ1) is 23.0. The van der Waals surface area contributed by atoms with Crippen LogP contribution < -0.4 is 21.1 Å². The molecule has 0 saturated carbocycles. The summed E-state index contributed by atoms with van der Waals surface area (Å²) in [6.07, 6.45) is 4.67. The average Bonchev–Trinajstić information content (AvgIpc) is 2.72. The molecule has 1 amide bonds. The number of nitrogens with zero attached hydrogens (tertiary/aromatic N) is 1. The number of likely N-dealkylation sites (N-methyl/N-ethyl adjacent to an activating group) is 1. The van der Waals surface area contributed by atoms with Gasteiger partial charge in [0.2, 0.25) is 0 Å². The zero-order valence-corrected chi connectivity index (χ0v) is 19.1. The molecule has 1 aliphatic rings. The number of nitrogens with two attached hydrogens (primary N) is 1. The lowest BCUT2D eigenvalue weighted by molar-refractivity contribution is -0.122. The Morgan fingerprint density at radius 3 is 2.79 bits per heavy atom. The zero-order chi connectivity index (χ0) is 19.8. The van der Waals surface area contributed by atoms with Gasteiger partial charge >= 0.3 is 0 Å². The molecule has 0 saturated heterocycles. The molecule has 0 aromatic heterocycles. The Bertz CT molecular complexity index is 854.